The molecule has 0 radical (unpaired) electrons. The molecule has 0 aliphatic carbocycles. The Kier molecular flexibility index (Phi) is 7.01. The van der Waals surface area contributed by atoms with E-state index in [0.29, 0.717) is 19.0 Å². The quantitative estimate of drug-likeness (QED) is 0.748. The first kappa shape index (κ1) is 19.6. The number of hydrogen-bond donors (Lipinski definition) is 2. The molecule has 1 aliphatic rings. The lowest BCUT2D eigenvalue weighted by atomic mass is 10.00. The second-order valence-electron chi connectivity index (χ2n) is 6.69. The van der Waals surface area contributed by atoms with Crippen LogP contribution in [0, 0.1) is 0 Å². The number of aliphatic hydroxyl groups is 2. The summed E-state index contributed by atoms with van der Waals surface area (Å²) in [4.78, 5) is 0. The van der Waals surface area contributed by atoms with E-state index >= 15 is 0 Å². The summed E-state index contributed by atoms with van der Waals surface area (Å²) in [5.74, 6) is 0.556. The van der Waals surface area contributed by atoms with Crippen LogP contribution in [0.3, 0.4) is 0 Å². The summed E-state index contributed by atoms with van der Waals surface area (Å²) in [6, 6.07) is 19.6. The highest BCUT2D eigenvalue weighted by atomic mass is 16.6. The first-order valence-corrected chi connectivity index (χ1v) is 9.14. The predicted molar refractivity (Wildman–Crippen MR) is 102 cm³/mol. The van der Waals surface area contributed by atoms with Crippen molar-refractivity contribution in [1.82, 2.24) is 0 Å². The van der Waals surface area contributed by atoms with Gasteiger partial charge in [0.2, 0.25) is 0 Å². The summed E-state index contributed by atoms with van der Waals surface area (Å²) in [7, 11) is 0. The lowest BCUT2D eigenvalue weighted by molar-refractivity contribution is -0.138. The number of hydrogen-bond acceptors (Lipinski definition) is 5. The zero-order valence-electron chi connectivity index (χ0n) is 15.4. The minimum Gasteiger partial charge on any atom is -0.487 e. The van der Waals surface area contributed by atoms with Gasteiger partial charge in [0.1, 0.15) is 24.6 Å². The van der Waals surface area contributed by atoms with Crippen LogP contribution < -0.4 is 0 Å². The molecule has 2 N–H and O–H groups in total. The molecule has 1 heterocycles. The second-order valence-corrected chi connectivity index (χ2v) is 6.69. The fraction of sp³-hybridized carbons (Fsp3) is 0.364. The Balaban J connectivity index is 1.61. The largest absolute Gasteiger partial charge is 0.487 e. The molecule has 0 amide bonds. The molecule has 0 spiro atoms. The molecule has 2 aromatic rings. The van der Waals surface area contributed by atoms with E-state index in [-0.39, 0.29) is 6.61 Å². The highest BCUT2D eigenvalue weighted by molar-refractivity contribution is 5.15. The fourth-order valence-electron chi connectivity index (χ4n) is 2.98. The highest BCUT2D eigenvalue weighted by Crippen LogP contribution is 2.24. The van der Waals surface area contributed by atoms with Gasteiger partial charge in [-0.3, -0.25) is 0 Å². The van der Waals surface area contributed by atoms with Gasteiger partial charge in [-0.2, -0.15) is 0 Å². The summed E-state index contributed by atoms with van der Waals surface area (Å²) in [5, 5.41) is 20.5. The van der Waals surface area contributed by atoms with Crippen molar-refractivity contribution in [3.8, 4) is 0 Å². The molecule has 0 saturated heterocycles. The van der Waals surface area contributed by atoms with Crippen molar-refractivity contribution in [3.05, 3.63) is 83.6 Å². The van der Waals surface area contributed by atoms with Crippen LogP contribution in [-0.4, -0.2) is 41.2 Å². The SMILES string of the molecule is C[C@H](O)[C@H]1OC(COCc2ccccc2)=C[C@H](OCc2ccccc2)[C@H]1O. The molecule has 3 rings (SSSR count). The van der Waals surface area contributed by atoms with E-state index in [9.17, 15) is 10.2 Å². The molecule has 0 aromatic heterocycles. The first-order valence-electron chi connectivity index (χ1n) is 9.14. The standard InChI is InChI=1S/C22H26O5/c1-16(23)22-21(24)20(26-14-18-10-6-3-7-11-18)12-19(27-22)15-25-13-17-8-4-2-5-9-17/h2-12,16,20-24H,13-15H2,1H3/t16-,20-,21+,22+/m0/s1. The van der Waals surface area contributed by atoms with Crippen LogP contribution in [0.2, 0.25) is 0 Å². The molecule has 0 unspecified atom stereocenters. The third-order valence-electron chi connectivity index (χ3n) is 4.43. The fourth-order valence-corrected chi connectivity index (χ4v) is 2.98. The molecule has 0 fully saturated rings. The summed E-state index contributed by atoms with van der Waals surface area (Å²) in [6.07, 6.45) is -1.38. The molecule has 0 saturated carbocycles. The Bertz CT molecular complexity index is 714. The molecule has 1 aliphatic heterocycles. The molecule has 5 heteroatoms. The molecule has 144 valence electrons. The Morgan fingerprint density at radius 2 is 1.52 bits per heavy atom. The van der Waals surface area contributed by atoms with Crippen LogP contribution in [-0.2, 0) is 27.4 Å². The van der Waals surface area contributed by atoms with E-state index in [2.05, 4.69) is 0 Å². The monoisotopic (exact) mass is 370 g/mol. The Morgan fingerprint density at radius 3 is 2.11 bits per heavy atom. The number of aliphatic hydroxyl groups excluding tert-OH is 2. The topological polar surface area (TPSA) is 68.2 Å². The zero-order valence-corrected chi connectivity index (χ0v) is 15.4. The summed E-state index contributed by atoms with van der Waals surface area (Å²) in [6.45, 7) is 2.66. The van der Waals surface area contributed by atoms with E-state index < -0.39 is 24.4 Å². The first-order chi connectivity index (χ1) is 13.1. The average Bonchev–Trinajstić information content (AvgIpc) is 2.69. The van der Waals surface area contributed by atoms with Crippen molar-refractivity contribution >= 4 is 0 Å². The third-order valence-corrected chi connectivity index (χ3v) is 4.43. The average molecular weight is 370 g/mol. The van der Waals surface area contributed by atoms with Gasteiger partial charge in [-0.15, -0.1) is 0 Å². The molecule has 0 bridgehead atoms. The third kappa shape index (κ3) is 5.65. The van der Waals surface area contributed by atoms with Gasteiger partial charge in [-0.25, -0.2) is 0 Å². The van der Waals surface area contributed by atoms with Crippen molar-refractivity contribution in [2.24, 2.45) is 0 Å². The molecule has 5 nitrogen and oxygen atoms in total. The number of ether oxygens (including phenoxy) is 3. The molecule has 4 atom stereocenters. The van der Waals surface area contributed by atoms with Gasteiger partial charge >= 0.3 is 0 Å². The predicted octanol–water partition coefficient (Wildman–Crippen LogP) is 2.81. The molecule has 2 aromatic carbocycles. The lowest BCUT2D eigenvalue weighted by Gasteiger charge is -2.35. The van der Waals surface area contributed by atoms with E-state index in [4.69, 9.17) is 14.2 Å². The van der Waals surface area contributed by atoms with Crippen molar-refractivity contribution in [3.63, 3.8) is 0 Å². The Hall–Kier alpha value is -2.18. The van der Waals surface area contributed by atoms with Gasteiger partial charge in [0.15, 0.2) is 6.10 Å². The molecule has 27 heavy (non-hydrogen) atoms. The van der Waals surface area contributed by atoms with Crippen LogP contribution >= 0.6 is 0 Å². The number of rotatable bonds is 8. The van der Waals surface area contributed by atoms with Crippen LogP contribution in [0.1, 0.15) is 18.1 Å². The Labute approximate surface area is 159 Å². The van der Waals surface area contributed by atoms with Gasteiger partial charge in [0, 0.05) is 0 Å². The maximum absolute atomic E-state index is 10.5. The maximum atomic E-state index is 10.5. The zero-order chi connectivity index (χ0) is 19.1. The summed E-state index contributed by atoms with van der Waals surface area (Å²) < 4.78 is 17.3. The van der Waals surface area contributed by atoms with E-state index in [1.807, 2.05) is 60.7 Å². The van der Waals surface area contributed by atoms with Crippen LogP contribution in [0.15, 0.2) is 72.5 Å². The van der Waals surface area contributed by atoms with E-state index in [1.54, 1.807) is 13.0 Å². The van der Waals surface area contributed by atoms with Gasteiger partial charge in [-0.05, 0) is 24.1 Å². The van der Waals surface area contributed by atoms with Crippen molar-refractivity contribution < 1.29 is 24.4 Å². The van der Waals surface area contributed by atoms with Crippen LogP contribution in [0.5, 0.6) is 0 Å². The lowest BCUT2D eigenvalue weighted by Crippen LogP contribution is -2.48. The minimum absolute atomic E-state index is 0.246. The van der Waals surface area contributed by atoms with Crippen molar-refractivity contribution in [2.45, 2.75) is 44.6 Å². The summed E-state index contributed by atoms with van der Waals surface area (Å²) >= 11 is 0. The number of benzene rings is 2. The minimum atomic E-state index is -0.952. The van der Waals surface area contributed by atoms with Gasteiger partial charge in [0.25, 0.3) is 0 Å². The van der Waals surface area contributed by atoms with Crippen LogP contribution in [0.4, 0.5) is 0 Å². The normalized spacial score (nSPS) is 23.4. The second kappa shape index (κ2) is 9.67. The molecular formula is C22H26O5. The van der Waals surface area contributed by atoms with Crippen molar-refractivity contribution in [2.75, 3.05) is 6.61 Å². The molecular weight excluding hydrogens is 344 g/mol. The van der Waals surface area contributed by atoms with Crippen molar-refractivity contribution in [1.29, 1.82) is 0 Å². The van der Waals surface area contributed by atoms with Crippen LogP contribution in [0.25, 0.3) is 0 Å². The Morgan fingerprint density at radius 1 is 0.926 bits per heavy atom. The van der Waals surface area contributed by atoms with Gasteiger partial charge in [-0.1, -0.05) is 60.7 Å². The smallest absolute Gasteiger partial charge is 0.152 e. The van der Waals surface area contributed by atoms with E-state index in [1.165, 1.54) is 0 Å². The highest BCUT2D eigenvalue weighted by Gasteiger charge is 2.37. The van der Waals surface area contributed by atoms with E-state index in [0.717, 1.165) is 11.1 Å². The van der Waals surface area contributed by atoms with Gasteiger partial charge < -0.3 is 24.4 Å². The maximum Gasteiger partial charge on any atom is 0.152 e. The van der Waals surface area contributed by atoms with Gasteiger partial charge in [0.05, 0.1) is 19.3 Å². The summed E-state index contributed by atoms with van der Waals surface area (Å²) in [5.41, 5.74) is 2.08.